The van der Waals surface area contributed by atoms with Gasteiger partial charge in [0, 0.05) is 32.6 Å². The summed E-state index contributed by atoms with van der Waals surface area (Å²) in [5.74, 6) is 0. The van der Waals surface area contributed by atoms with Crippen molar-refractivity contribution in [2.75, 3.05) is 20.8 Å². The van der Waals surface area contributed by atoms with Gasteiger partial charge in [0.05, 0.1) is 5.60 Å². The number of ether oxygens (including phenoxy) is 2. The number of hydrogen-bond donors (Lipinski definition) is 2. The average molecular weight is 273 g/mol. The summed E-state index contributed by atoms with van der Waals surface area (Å²) in [6.07, 6.45) is 8.19. The van der Waals surface area contributed by atoms with E-state index in [2.05, 4.69) is 0 Å². The first kappa shape index (κ1) is 16.9. The smallest absolute Gasteiger partial charge is 0.159 e. The van der Waals surface area contributed by atoms with Crippen LogP contribution in [-0.2, 0) is 9.47 Å². The highest BCUT2D eigenvalue weighted by Crippen LogP contribution is 2.44. The zero-order valence-corrected chi connectivity index (χ0v) is 12.8. The van der Waals surface area contributed by atoms with Crippen LogP contribution in [0.25, 0.3) is 0 Å². The van der Waals surface area contributed by atoms with Crippen LogP contribution >= 0.6 is 0 Å². The SMILES string of the molecule is COC(CC(C)(O)C1(CN)CCCCCCC1)OC. The topological polar surface area (TPSA) is 64.7 Å². The Hall–Kier alpha value is -0.160. The van der Waals surface area contributed by atoms with Gasteiger partial charge in [-0.25, -0.2) is 0 Å². The Bertz CT molecular complexity index is 244. The lowest BCUT2D eigenvalue weighted by molar-refractivity contribution is -0.173. The van der Waals surface area contributed by atoms with Gasteiger partial charge in [-0.2, -0.15) is 0 Å². The van der Waals surface area contributed by atoms with Gasteiger partial charge in [0.1, 0.15) is 0 Å². The lowest BCUT2D eigenvalue weighted by Gasteiger charge is -2.47. The average Bonchev–Trinajstić information content (AvgIpc) is 2.36. The van der Waals surface area contributed by atoms with E-state index in [-0.39, 0.29) is 11.7 Å². The van der Waals surface area contributed by atoms with Crippen LogP contribution in [0.5, 0.6) is 0 Å². The Morgan fingerprint density at radius 2 is 1.58 bits per heavy atom. The van der Waals surface area contributed by atoms with Crippen molar-refractivity contribution in [3.8, 4) is 0 Å². The number of nitrogens with two attached hydrogens (primary N) is 1. The molecule has 4 nitrogen and oxygen atoms in total. The quantitative estimate of drug-likeness (QED) is 0.730. The lowest BCUT2D eigenvalue weighted by Crippen LogP contribution is -2.53. The molecule has 1 saturated carbocycles. The third-order valence-electron chi connectivity index (χ3n) is 4.93. The highest BCUT2D eigenvalue weighted by Gasteiger charge is 2.46. The van der Waals surface area contributed by atoms with Crippen LogP contribution in [0.4, 0.5) is 0 Å². The van der Waals surface area contributed by atoms with Crippen LogP contribution in [0.2, 0.25) is 0 Å². The molecule has 0 aromatic rings. The minimum Gasteiger partial charge on any atom is -0.389 e. The lowest BCUT2D eigenvalue weighted by atomic mass is 9.64. The van der Waals surface area contributed by atoms with Crippen LogP contribution in [0.15, 0.2) is 0 Å². The van der Waals surface area contributed by atoms with Crippen molar-refractivity contribution in [1.29, 1.82) is 0 Å². The van der Waals surface area contributed by atoms with Crippen molar-refractivity contribution in [1.82, 2.24) is 0 Å². The molecule has 1 fully saturated rings. The number of methoxy groups -OCH3 is 2. The molecular weight excluding hydrogens is 242 g/mol. The molecule has 0 aromatic heterocycles. The summed E-state index contributed by atoms with van der Waals surface area (Å²) in [6.45, 7) is 2.42. The van der Waals surface area contributed by atoms with Crippen LogP contribution < -0.4 is 5.73 Å². The molecule has 0 heterocycles. The Balaban J connectivity index is 2.82. The standard InChI is InChI=1S/C15H31NO3/c1-14(17,11-13(18-2)19-3)15(12-16)9-7-5-4-6-8-10-15/h13,17H,4-12,16H2,1-3H3. The van der Waals surface area contributed by atoms with Gasteiger partial charge >= 0.3 is 0 Å². The molecule has 0 radical (unpaired) electrons. The van der Waals surface area contributed by atoms with Gasteiger partial charge in [0.2, 0.25) is 0 Å². The second-order valence-electron chi connectivity index (χ2n) is 6.13. The fourth-order valence-corrected chi connectivity index (χ4v) is 3.35. The first-order chi connectivity index (χ1) is 9.01. The fourth-order valence-electron chi connectivity index (χ4n) is 3.35. The number of aliphatic hydroxyl groups is 1. The summed E-state index contributed by atoms with van der Waals surface area (Å²) in [5.41, 5.74) is 5.00. The Labute approximate surface area is 117 Å². The van der Waals surface area contributed by atoms with E-state index in [1.54, 1.807) is 14.2 Å². The van der Waals surface area contributed by atoms with E-state index in [4.69, 9.17) is 15.2 Å². The predicted octanol–water partition coefficient (Wildman–Crippen LogP) is 2.44. The minimum atomic E-state index is -0.851. The Morgan fingerprint density at radius 3 is 2.00 bits per heavy atom. The first-order valence-electron chi connectivity index (χ1n) is 7.49. The molecule has 0 aromatic carbocycles. The first-order valence-corrected chi connectivity index (χ1v) is 7.49. The van der Waals surface area contributed by atoms with E-state index in [1.807, 2.05) is 6.92 Å². The van der Waals surface area contributed by atoms with E-state index in [0.717, 1.165) is 25.7 Å². The maximum atomic E-state index is 11.0. The molecule has 0 aliphatic heterocycles. The van der Waals surface area contributed by atoms with E-state index in [1.165, 1.54) is 19.3 Å². The van der Waals surface area contributed by atoms with Crippen molar-refractivity contribution in [2.45, 2.75) is 70.2 Å². The molecule has 19 heavy (non-hydrogen) atoms. The number of hydrogen-bond acceptors (Lipinski definition) is 4. The normalized spacial score (nSPS) is 23.7. The fraction of sp³-hybridized carbons (Fsp3) is 1.00. The molecule has 1 aliphatic rings. The zero-order valence-electron chi connectivity index (χ0n) is 12.8. The summed E-state index contributed by atoms with van der Waals surface area (Å²) in [5, 5.41) is 11.0. The van der Waals surface area contributed by atoms with Gasteiger partial charge in [0.25, 0.3) is 0 Å². The van der Waals surface area contributed by atoms with Crippen molar-refractivity contribution in [3.63, 3.8) is 0 Å². The maximum Gasteiger partial charge on any atom is 0.159 e. The Kier molecular flexibility index (Phi) is 6.74. The molecule has 1 unspecified atom stereocenters. The molecular formula is C15H31NO3. The molecule has 114 valence electrons. The highest BCUT2D eigenvalue weighted by atomic mass is 16.7. The van der Waals surface area contributed by atoms with Gasteiger partial charge < -0.3 is 20.3 Å². The summed E-state index contributed by atoms with van der Waals surface area (Å²) >= 11 is 0. The monoisotopic (exact) mass is 273 g/mol. The van der Waals surface area contributed by atoms with Gasteiger partial charge in [0.15, 0.2) is 6.29 Å². The van der Waals surface area contributed by atoms with Crippen LogP contribution in [0, 0.1) is 5.41 Å². The summed E-state index contributed by atoms with van der Waals surface area (Å²) in [7, 11) is 3.22. The van der Waals surface area contributed by atoms with Crippen molar-refractivity contribution in [3.05, 3.63) is 0 Å². The second-order valence-corrected chi connectivity index (χ2v) is 6.13. The van der Waals surface area contributed by atoms with E-state index in [0.29, 0.717) is 13.0 Å². The molecule has 0 amide bonds. The summed E-state index contributed by atoms with van der Waals surface area (Å²) in [4.78, 5) is 0. The third-order valence-corrected chi connectivity index (χ3v) is 4.93. The molecule has 1 rings (SSSR count). The highest BCUT2D eigenvalue weighted by molar-refractivity contribution is 4.97. The molecule has 0 saturated heterocycles. The van der Waals surface area contributed by atoms with Crippen LogP contribution in [0.1, 0.15) is 58.3 Å². The molecule has 0 bridgehead atoms. The van der Waals surface area contributed by atoms with E-state index >= 15 is 0 Å². The summed E-state index contributed by atoms with van der Waals surface area (Å²) in [6, 6.07) is 0. The molecule has 1 aliphatic carbocycles. The van der Waals surface area contributed by atoms with E-state index < -0.39 is 5.60 Å². The van der Waals surface area contributed by atoms with Gasteiger partial charge in [-0.15, -0.1) is 0 Å². The van der Waals surface area contributed by atoms with Crippen LogP contribution in [0.3, 0.4) is 0 Å². The molecule has 1 atom stereocenters. The number of rotatable bonds is 6. The van der Waals surface area contributed by atoms with Gasteiger partial charge in [-0.05, 0) is 19.8 Å². The van der Waals surface area contributed by atoms with Crippen molar-refractivity contribution in [2.24, 2.45) is 11.1 Å². The van der Waals surface area contributed by atoms with Crippen molar-refractivity contribution < 1.29 is 14.6 Å². The predicted molar refractivity (Wildman–Crippen MR) is 76.9 cm³/mol. The largest absolute Gasteiger partial charge is 0.389 e. The van der Waals surface area contributed by atoms with Crippen molar-refractivity contribution >= 4 is 0 Å². The van der Waals surface area contributed by atoms with Gasteiger partial charge in [-0.3, -0.25) is 0 Å². The van der Waals surface area contributed by atoms with Crippen LogP contribution in [-0.4, -0.2) is 37.8 Å². The maximum absolute atomic E-state index is 11.0. The zero-order chi connectivity index (χ0) is 14.4. The van der Waals surface area contributed by atoms with Gasteiger partial charge in [-0.1, -0.05) is 32.1 Å². The molecule has 3 N–H and O–H groups in total. The van der Waals surface area contributed by atoms with E-state index in [9.17, 15) is 5.11 Å². The molecule has 4 heteroatoms. The minimum absolute atomic E-state index is 0.206. The third kappa shape index (κ3) is 4.15. The summed E-state index contributed by atoms with van der Waals surface area (Å²) < 4.78 is 10.5. The second kappa shape index (κ2) is 7.58. The Morgan fingerprint density at radius 1 is 1.11 bits per heavy atom. The molecule has 0 spiro atoms.